The third-order valence-corrected chi connectivity index (χ3v) is 4.46. The van der Waals surface area contributed by atoms with Crippen LogP contribution in [-0.4, -0.2) is 45.7 Å². The molecule has 0 unspecified atom stereocenters. The van der Waals surface area contributed by atoms with E-state index in [1.807, 2.05) is 19.1 Å². The van der Waals surface area contributed by atoms with Gasteiger partial charge >= 0.3 is 0 Å². The Bertz CT molecular complexity index is 992. The van der Waals surface area contributed by atoms with Crippen molar-refractivity contribution in [2.24, 2.45) is 0 Å². The molecule has 0 aliphatic rings. The van der Waals surface area contributed by atoms with E-state index in [2.05, 4.69) is 26.2 Å². The van der Waals surface area contributed by atoms with E-state index < -0.39 is 11.7 Å². The van der Waals surface area contributed by atoms with E-state index in [1.165, 1.54) is 23.8 Å². The molecular weight excluding hydrogens is 419 g/mol. The fourth-order valence-electron chi connectivity index (χ4n) is 2.61. The third kappa shape index (κ3) is 3.95. The van der Waals surface area contributed by atoms with E-state index in [0.29, 0.717) is 5.69 Å². The van der Waals surface area contributed by atoms with Gasteiger partial charge in [-0.25, -0.2) is 14.4 Å². The molecule has 3 aromatic rings. The largest absolute Gasteiger partial charge is 0.394 e. The Balaban J connectivity index is 2.08. The lowest BCUT2D eigenvalue weighted by atomic mass is 10.1. The van der Waals surface area contributed by atoms with Gasteiger partial charge in [-0.2, -0.15) is 0 Å². The van der Waals surface area contributed by atoms with Crippen molar-refractivity contribution in [2.75, 3.05) is 25.6 Å². The Kier molecular flexibility index (Phi) is 5.73. The number of hydrogen-bond donors (Lipinski definition) is 2. The summed E-state index contributed by atoms with van der Waals surface area (Å²) >= 11 is 3.39. The molecule has 0 spiro atoms. The van der Waals surface area contributed by atoms with Crippen LogP contribution in [-0.2, 0) is 4.84 Å². The molecule has 0 aliphatic carbocycles. The maximum absolute atomic E-state index is 15.1. The molecule has 2 aromatic heterocycles. The molecule has 7 nitrogen and oxygen atoms in total. The Hall–Kier alpha value is -2.49. The number of carbonyl (C=O) groups is 1. The van der Waals surface area contributed by atoms with Crippen LogP contribution in [0.4, 0.5) is 15.8 Å². The van der Waals surface area contributed by atoms with Gasteiger partial charge in [0, 0.05) is 35.8 Å². The number of aliphatic hydroxyl groups excluding tert-OH is 1. The Morgan fingerprint density at radius 1 is 1.48 bits per heavy atom. The van der Waals surface area contributed by atoms with Crippen molar-refractivity contribution >= 4 is 38.9 Å². The topological polar surface area (TPSA) is 79.1 Å². The van der Waals surface area contributed by atoms with Crippen LogP contribution < -0.4 is 5.32 Å². The second-order valence-corrected chi connectivity index (χ2v) is 6.75. The third-order valence-electron chi connectivity index (χ3n) is 3.96. The Morgan fingerprint density at radius 2 is 2.26 bits per heavy atom. The number of benzene rings is 1. The van der Waals surface area contributed by atoms with E-state index in [4.69, 9.17) is 9.94 Å². The highest BCUT2D eigenvalue weighted by Gasteiger charge is 2.23. The number of nitrogens with zero attached hydrogens (tertiary/aromatic N) is 3. The van der Waals surface area contributed by atoms with Gasteiger partial charge in [0.05, 0.1) is 24.5 Å². The summed E-state index contributed by atoms with van der Waals surface area (Å²) in [6.45, 7) is 1.58. The lowest BCUT2D eigenvalue weighted by Gasteiger charge is -2.20. The number of hydrogen-bond acceptors (Lipinski definition) is 5. The zero-order valence-electron chi connectivity index (χ0n) is 14.7. The summed E-state index contributed by atoms with van der Waals surface area (Å²) in [7, 11) is 1.41. The van der Waals surface area contributed by atoms with Gasteiger partial charge in [0.25, 0.3) is 5.91 Å². The quantitative estimate of drug-likeness (QED) is 0.579. The van der Waals surface area contributed by atoms with Gasteiger partial charge in [-0.1, -0.05) is 15.9 Å². The van der Waals surface area contributed by atoms with E-state index >= 15 is 4.39 Å². The highest BCUT2D eigenvalue weighted by atomic mass is 79.9. The minimum absolute atomic E-state index is 0.00331. The lowest BCUT2D eigenvalue weighted by Crippen LogP contribution is -2.29. The number of anilines is 2. The number of aromatic nitrogens is 2. The first-order valence-corrected chi connectivity index (χ1v) is 8.92. The molecule has 0 saturated carbocycles. The van der Waals surface area contributed by atoms with E-state index in [1.54, 1.807) is 12.3 Å². The summed E-state index contributed by atoms with van der Waals surface area (Å²) in [4.78, 5) is 21.9. The zero-order valence-corrected chi connectivity index (χ0v) is 16.3. The average molecular weight is 437 g/mol. The van der Waals surface area contributed by atoms with E-state index in [-0.39, 0.29) is 30.1 Å². The standard InChI is InChI=1S/C18H18BrFN4O3/c1-11-9-12(19)3-4-14(11)22-16-13(18(26)23(2)27-8-7-25)10-24-6-5-21-17(24)15(16)20/h3-6,9-10,22,25H,7-8H2,1-2H3. The second-order valence-electron chi connectivity index (χ2n) is 5.83. The number of halogens is 2. The van der Waals surface area contributed by atoms with Gasteiger partial charge in [0.1, 0.15) is 0 Å². The summed E-state index contributed by atoms with van der Waals surface area (Å²) in [6.07, 6.45) is 4.49. The molecule has 0 aliphatic heterocycles. The predicted octanol–water partition coefficient (Wildman–Crippen LogP) is 3.28. The maximum atomic E-state index is 15.1. The van der Waals surface area contributed by atoms with Crippen LogP contribution in [0.1, 0.15) is 15.9 Å². The van der Waals surface area contributed by atoms with Gasteiger partial charge in [0.2, 0.25) is 0 Å². The van der Waals surface area contributed by atoms with Crippen molar-refractivity contribution in [1.82, 2.24) is 14.4 Å². The van der Waals surface area contributed by atoms with E-state index in [9.17, 15) is 4.79 Å². The fraction of sp³-hybridized carbons (Fsp3) is 0.222. The van der Waals surface area contributed by atoms with Crippen molar-refractivity contribution in [3.63, 3.8) is 0 Å². The highest BCUT2D eigenvalue weighted by Crippen LogP contribution is 2.30. The van der Waals surface area contributed by atoms with Crippen LogP contribution in [0.2, 0.25) is 0 Å². The number of aliphatic hydroxyl groups is 1. The van der Waals surface area contributed by atoms with Gasteiger partial charge in [-0.05, 0) is 30.7 Å². The van der Waals surface area contributed by atoms with Crippen molar-refractivity contribution in [3.8, 4) is 0 Å². The first-order chi connectivity index (χ1) is 12.9. The summed E-state index contributed by atoms with van der Waals surface area (Å²) < 4.78 is 17.5. The molecule has 1 aromatic carbocycles. The number of hydroxylamine groups is 2. The zero-order chi connectivity index (χ0) is 19.6. The molecule has 2 heterocycles. The van der Waals surface area contributed by atoms with Crippen LogP contribution in [0.3, 0.4) is 0 Å². The number of amides is 1. The van der Waals surface area contributed by atoms with Crippen molar-refractivity contribution < 1.29 is 19.1 Å². The molecule has 0 atom stereocenters. The van der Waals surface area contributed by atoms with Crippen molar-refractivity contribution in [1.29, 1.82) is 0 Å². The average Bonchev–Trinajstić information content (AvgIpc) is 3.12. The molecule has 0 saturated heterocycles. The van der Waals surface area contributed by atoms with Crippen LogP contribution in [0.25, 0.3) is 5.65 Å². The minimum Gasteiger partial charge on any atom is -0.394 e. The molecule has 0 fully saturated rings. The van der Waals surface area contributed by atoms with Crippen LogP contribution in [0, 0.1) is 12.7 Å². The molecule has 9 heteroatoms. The molecule has 142 valence electrons. The number of nitrogens with one attached hydrogen (secondary N) is 1. The number of carbonyl (C=O) groups excluding carboxylic acids is 1. The maximum Gasteiger partial charge on any atom is 0.280 e. The molecule has 2 N–H and O–H groups in total. The number of rotatable bonds is 6. The Morgan fingerprint density at radius 3 is 2.96 bits per heavy atom. The van der Waals surface area contributed by atoms with Gasteiger partial charge < -0.3 is 14.8 Å². The summed E-state index contributed by atoms with van der Waals surface area (Å²) in [5.74, 6) is -1.21. The van der Waals surface area contributed by atoms with Crippen LogP contribution >= 0.6 is 15.9 Å². The number of fused-ring (bicyclic) bond motifs is 1. The lowest BCUT2D eigenvalue weighted by molar-refractivity contribution is -0.114. The number of pyridine rings is 1. The minimum atomic E-state index is -0.649. The van der Waals surface area contributed by atoms with Gasteiger partial charge in [-0.3, -0.25) is 9.63 Å². The van der Waals surface area contributed by atoms with E-state index in [0.717, 1.165) is 15.1 Å². The van der Waals surface area contributed by atoms with Crippen molar-refractivity contribution in [2.45, 2.75) is 6.92 Å². The predicted molar refractivity (Wildman–Crippen MR) is 102 cm³/mol. The van der Waals surface area contributed by atoms with Gasteiger partial charge in [0.15, 0.2) is 11.5 Å². The Labute approximate surface area is 163 Å². The molecular formula is C18H18BrFN4O3. The summed E-state index contributed by atoms with van der Waals surface area (Å²) in [6, 6.07) is 5.49. The van der Waals surface area contributed by atoms with Gasteiger partial charge in [-0.15, -0.1) is 0 Å². The number of imidazole rings is 1. The first-order valence-electron chi connectivity index (χ1n) is 8.12. The fourth-order valence-corrected chi connectivity index (χ4v) is 3.09. The SMILES string of the molecule is Cc1cc(Br)ccc1Nc1c(C(=O)N(C)OCCO)cn2ccnc2c1F. The normalized spacial score (nSPS) is 11.0. The highest BCUT2D eigenvalue weighted by molar-refractivity contribution is 9.10. The molecule has 0 radical (unpaired) electrons. The smallest absolute Gasteiger partial charge is 0.280 e. The van der Waals surface area contributed by atoms with Crippen molar-refractivity contribution in [3.05, 3.63) is 58.2 Å². The first kappa shape index (κ1) is 19.3. The monoisotopic (exact) mass is 436 g/mol. The molecule has 27 heavy (non-hydrogen) atoms. The molecule has 0 bridgehead atoms. The molecule has 3 rings (SSSR count). The second kappa shape index (κ2) is 8.03. The number of aryl methyl sites for hydroxylation is 1. The van der Waals surface area contributed by atoms with Crippen LogP contribution in [0.5, 0.6) is 0 Å². The molecule has 1 amide bonds. The summed E-state index contributed by atoms with van der Waals surface area (Å²) in [5.41, 5.74) is 1.70. The summed E-state index contributed by atoms with van der Waals surface area (Å²) in [5, 5.41) is 12.9. The van der Waals surface area contributed by atoms with Crippen LogP contribution in [0.15, 0.2) is 41.3 Å².